The Balaban J connectivity index is 1.44. The molecule has 0 spiro atoms. The van der Waals surface area contributed by atoms with Crippen LogP contribution in [0.1, 0.15) is 132 Å². The number of allylic oxidation sites excluding steroid dienone is 4. The summed E-state index contributed by atoms with van der Waals surface area (Å²) in [6, 6.07) is 0. The molecule has 0 aliphatic heterocycles. The van der Waals surface area contributed by atoms with Gasteiger partial charge in [0.05, 0.1) is 23.9 Å². The minimum Gasteiger partial charge on any atom is -0.390 e. The number of carbonyl (C=O) groups excluding carboxylic acids is 2. The highest BCUT2D eigenvalue weighted by Crippen LogP contribution is 2.60. The highest BCUT2D eigenvalue weighted by atomic mass is 16.5. The summed E-state index contributed by atoms with van der Waals surface area (Å²) in [6.45, 7) is 19.8. The van der Waals surface area contributed by atoms with Gasteiger partial charge in [-0.05, 0) is 134 Å². The number of rotatable bonds is 19. The number of nitrogens with one attached hydrogen (secondary N) is 1. The van der Waals surface area contributed by atoms with E-state index in [1.807, 2.05) is 27.7 Å². The van der Waals surface area contributed by atoms with Crippen molar-refractivity contribution in [1.82, 2.24) is 5.32 Å². The van der Waals surface area contributed by atoms with Crippen molar-refractivity contribution in [3.63, 3.8) is 0 Å². The van der Waals surface area contributed by atoms with Crippen molar-refractivity contribution in [3.8, 4) is 0 Å². The second-order valence-electron chi connectivity index (χ2n) is 16.6. The first-order valence-electron chi connectivity index (χ1n) is 18.7. The first kappa shape index (κ1) is 40.6. The number of carbonyl (C=O) groups is 2. The normalized spacial score (nSPS) is 28.7. The van der Waals surface area contributed by atoms with Gasteiger partial charge in [0, 0.05) is 13.2 Å². The third kappa shape index (κ3) is 12.2. The number of ether oxygens (including phenoxy) is 3. The number of fused-ring (bicyclic) bond motifs is 1. The molecule has 8 nitrogen and oxygen atoms in total. The molecule has 3 rings (SSSR count). The predicted octanol–water partition coefficient (Wildman–Crippen LogP) is 7.34. The van der Waals surface area contributed by atoms with Gasteiger partial charge < -0.3 is 29.4 Å². The number of aldehydes is 1. The minimum atomic E-state index is -1.45. The van der Waals surface area contributed by atoms with Crippen LogP contribution in [0.2, 0.25) is 0 Å². The maximum absolute atomic E-state index is 12.6. The Hall–Kier alpha value is -1.84. The number of amides is 1. The van der Waals surface area contributed by atoms with Crippen LogP contribution in [-0.4, -0.2) is 66.7 Å². The van der Waals surface area contributed by atoms with Crippen LogP contribution < -0.4 is 11.1 Å². The summed E-state index contributed by atoms with van der Waals surface area (Å²) >= 11 is 0. The lowest BCUT2D eigenvalue weighted by molar-refractivity contribution is -0.147. The molecular weight excluding hydrogens is 604 g/mol. The highest BCUT2D eigenvalue weighted by molar-refractivity contribution is 5.83. The minimum absolute atomic E-state index is 0.0215. The molecule has 3 saturated carbocycles. The molecule has 48 heavy (non-hydrogen) atoms. The fourth-order valence-electron chi connectivity index (χ4n) is 8.40. The fraction of sp³-hybridized carbons (Fsp3) is 0.800. The quantitative estimate of drug-likeness (QED) is 0.0746. The number of aliphatic hydroxyl groups is 1. The van der Waals surface area contributed by atoms with E-state index in [-0.39, 0.29) is 25.2 Å². The SMILES string of the molecule is C=C1CC[C@H](OCCCNC(=O)C(C)(N)OCCC(C)(C)OCC=O)C/C1=C/C=C1\CCC[C@]2(C)C([C@H](C)CCCC(C)(C)O)CC[C@@H]12. The highest BCUT2D eigenvalue weighted by Gasteiger charge is 2.50. The van der Waals surface area contributed by atoms with Gasteiger partial charge in [-0.2, -0.15) is 0 Å². The number of hydrogen-bond acceptors (Lipinski definition) is 7. The van der Waals surface area contributed by atoms with Crippen LogP contribution in [0.15, 0.2) is 35.5 Å². The molecule has 274 valence electrons. The Morgan fingerprint density at radius 1 is 1.08 bits per heavy atom. The molecule has 0 heterocycles. The van der Waals surface area contributed by atoms with E-state index in [2.05, 4.69) is 37.9 Å². The van der Waals surface area contributed by atoms with E-state index < -0.39 is 16.9 Å². The van der Waals surface area contributed by atoms with Crippen molar-refractivity contribution < 1.29 is 28.9 Å². The molecule has 1 amide bonds. The van der Waals surface area contributed by atoms with Gasteiger partial charge in [-0.25, -0.2) is 0 Å². The third-order valence-corrected chi connectivity index (χ3v) is 11.4. The van der Waals surface area contributed by atoms with Gasteiger partial charge >= 0.3 is 0 Å². The Morgan fingerprint density at radius 3 is 2.54 bits per heavy atom. The lowest BCUT2D eigenvalue weighted by Gasteiger charge is -2.44. The summed E-state index contributed by atoms with van der Waals surface area (Å²) in [5, 5.41) is 13.0. The van der Waals surface area contributed by atoms with E-state index in [4.69, 9.17) is 19.9 Å². The average molecular weight is 673 g/mol. The van der Waals surface area contributed by atoms with Gasteiger partial charge in [0.25, 0.3) is 5.91 Å². The molecule has 3 fully saturated rings. The molecule has 8 heteroatoms. The van der Waals surface area contributed by atoms with Crippen LogP contribution >= 0.6 is 0 Å². The Bertz CT molecular complexity index is 1140. The van der Waals surface area contributed by atoms with Crippen molar-refractivity contribution in [3.05, 3.63) is 35.5 Å². The summed E-state index contributed by atoms with van der Waals surface area (Å²) in [7, 11) is 0. The summed E-state index contributed by atoms with van der Waals surface area (Å²) < 4.78 is 17.4. The number of nitrogens with two attached hydrogens (primary N) is 1. The van der Waals surface area contributed by atoms with Gasteiger partial charge in [0.1, 0.15) is 12.9 Å². The standard InChI is InChI=1S/C40H68N2O6/c1-29-14-17-33(46-25-11-23-42-36(44)40(8,41)48-26-22-38(5,6)47-27-24-43)28-32(29)16-15-31-13-10-21-39(7)34(18-19-35(31)39)30(2)12-9-20-37(3,4)45/h15-16,24,30,33-35,45H,1,9-14,17-23,25-28,41H2,2-8H3,(H,42,44)/b31-15+,32-16-/t30-,33+,34?,35+,39-,40?/m1/s1. The molecule has 2 unspecified atom stereocenters. The second-order valence-corrected chi connectivity index (χ2v) is 16.6. The van der Waals surface area contributed by atoms with E-state index in [0.717, 1.165) is 38.0 Å². The predicted molar refractivity (Wildman–Crippen MR) is 193 cm³/mol. The molecule has 0 aromatic heterocycles. The molecule has 3 aliphatic rings. The molecule has 4 N–H and O–H groups in total. The van der Waals surface area contributed by atoms with Crippen molar-refractivity contribution in [2.75, 3.05) is 26.4 Å². The van der Waals surface area contributed by atoms with Crippen LogP contribution in [0.25, 0.3) is 0 Å². The molecular formula is C40H68N2O6. The Morgan fingerprint density at radius 2 is 1.83 bits per heavy atom. The molecule has 0 radical (unpaired) electrons. The van der Waals surface area contributed by atoms with E-state index in [0.29, 0.717) is 49.5 Å². The lowest BCUT2D eigenvalue weighted by atomic mass is 9.60. The summed E-state index contributed by atoms with van der Waals surface area (Å²) in [6.07, 6.45) is 19.2. The molecule has 3 aliphatic carbocycles. The number of hydrogen-bond donors (Lipinski definition) is 3. The molecule has 0 aromatic carbocycles. The monoisotopic (exact) mass is 673 g/mol. The summed E-state index contributed by atoms with van der Waals surface area (Å²) in [5.41, 5.74) is 8.09. The molecule has 0 saturated heterocycles. The first-order valence-corrected chi connectivity index (χ1v) is 18.7. The molecule has 0 aromatic rings. The third-order valence-electron chi connectivity index (χ3n) is 11.4. The summed E-state index contributed by atoms with van der Waals surface area (Å²) in [4.78, 5) is 23.2. The van der Waals surface area contributed by atoms with Crippen LogP contribution in [-0.2, 0) is 23.8 Å². The van der Waals surface area contributed by atoms with Crippen LogP contribution in [0.4, 0.5) is 0 Å². The van der Waals surface area contributed by atoms with Gasteiger partial charge in [-0.3, -0.25) is 10.5 Å². The maximum Gasteiger partial charge on any atom is 0.266 e. The van der Waals surface area contributed by atoms with Crippen molar-refractivity contribution in [2.45, 2.75) is 155 Å². The summed E-state index contributed by atoms with van der Waals surface area (Å²) in [5.74, 6) is 1.75. The fourth-order valence-corrected chi connectivity index (χ4v) is 8.40. The van der Waals surface area contributed by atoms with Crippen LogP contribution in [0, 0.1) is 23.2 Å². The van der Waals surface area contributed by atoms with E-state index >= 15 is 0 Å². The van der Waals surface area contributed by atoms with Crippen molar-refractivity contribution in [2.24, 2.45) is 28.9 Å². The van der Waals surface area contributed by atoms with Crippen molar-refractivity contribution >= 4 is 12.2 Å². The Labute approximate surface area is 291 Å². The van der Waals surface area contributed by atoms with Crippen molar-refractivity contribution in [1.29, 1.82) is 0 Å². The zero-order chi connectivity index (χ0) is 35.6. The zero-order valence-corrected chi connectivity index (χ0v) is 31.3. The van der Waals surface area contributed by atoms with Gasteiger partial charge in [-0.1, -0.05) is 56.6 Å². The van der Waals surface area contributed by atoms with Crippen LogP contribution in [0.3, 0.4) is 0 Å². The van der Waals surface area contributed by atoms with Gasteiger partial charge in [0.2, 0.25) is 0 Å². The zero-order valence-electron chi connectivity index (χ0n) is 31.3. The van der Waals surface area contributed by atoms with Gasteiger partial charge in [-0.15, -0.1) is 0 Å². The maximum atomic E-state index is 12.6. The van der Waals surface area contributed by atoms with E-state index in [1.54, 1.807) is 12.5 Å². The smallest absolute Gasteiger partial charge is 0.266 e. The second kappa shape index (κ2) is 17.9. The topological polar surface area (TPSA) is 120 Å². The molecule has 6 atom stereocenters. The van der Waals surface area contributed by atoms with E-state index in [1.165, 1.54) is 49.7 Å². The van der Waals surface area contributed by atoms with Gasteiger partial charge in [0.15, 0.2) is 5.72 Å². The molecule has 0 bridgehead atoms. The largest absolute Gasteiger partial charge is 0.390 e. The first-order chi connectivity index (χ1) is 22.5. The lowest BCUT2D eigenvalue weighted by Crippen LogP contribution is -2.54. The average Bonchev–Trinajstić information content (AvgIpc) is 3.36. The Kier molecular flexibility index (Phi) is 15.1. The van der Waals surface area contributed by atoms with Crippen LogP contribution in [0.5, 0.6) is 0 Å². The van der Waals surface area contributed by atoms with E-state index in [9.17, 15) is 14.7 Å².